The number of rotatable bonds is 7. The van der Waals surface area contributed by atoms with E-state index in [9.17, 15) is 4.79 Å². The van der Waals surface area contributed by atoms with Crippen molar-refractivity contribution in [2.24, 2.45) is 0 Å². The van der Waals surface area contributed by atoms with Gasteiger partial charge in [0.2, 0.25) is 5.91 Å². The summed E-state index contributed by atoms with van der Waals surface area (Å²) in [7, 11) is 0. The third-order valence-corrected chi connectivity index (χ3v) is 4.52. The lowest BCUT2D eigenvalue weighted by Crippen LogP contribution is -2.32. The first-order valence-electron chi connectivity index (χ1n) is 9.27. The zero-order valence-corrected chi connectivity index (χ0v) is 16.0. The maximum atomic E-state index is 12.7. The molecule has 27 heavy (non-hydrogen) atoms. The van der Waals surface area contributed by atoms with Crippen molar-refractivity contribution in [1.29, 1.82) is 0 Å². The van der Waals surface area contributed by atoms with Crippen LogP contribution < -0.4 is 5.32 Å². The molecule has 3 aromatic carbocycles. The van der Waals surface area contributed by atoms with Gasteiger partial charge >= 0.3 is 0 Å². The van der Waals surface area contributed by atoms with E-state index in [-0.39, 0.29) is 5.91 Å². The second kappa shape index (κ2) is 9.15. The highest BCUT2D eigenvalue weighted by Gasteiger charge is 2.13. The maximum absolute atomic E-state index is 12.7. The van der Waals surface area contributed by atoms with Crippen molar-refractivity contribution in [2.45, 2.75) is 26.9 Å². The summed E-state index contributed by atoms with van der Waals surface area (Å²) in [4.78, 5) is 14.9. The highest BCUT2D eigenvalue weighted by molar-refractivity contribution is 5.93. The molecule has 0 aliphatic carbocycles. The Labute approximate surface area is 161 Å². The van der Waals surface area contributed by atoms with Gasteiger partial charge in [-0.1, -0.05) is 78.4 Å². The summed E-state index contributed by atoms with van der Waals surface area (Å²) in [6.45, 7) is 5.89. The number of hydrogen-bond acceptors (Lipinski definition) is 2. The molecule has 0 aliphatic heterocycles. The summed E-state index contributed by atoms with van der Waals surface area (Å²) < 4.78 is 0. The molecule has 0 aromatic heterocycles. The molecule has 0 saturated carbocycles. The summed E-state index contributed by atoms with van der Waals surface area (Å²) in [5, 5.41) is 3.06. The average molecular weight is 358 g/mol. The molecule has 0 atom stereocenters. The van der Waals surface area contributed by atoms with Gasteiger partial charge in [-0.25, -0.2) is 0 Å². The summed E-state index contributed by atoms with van der Waals surface area (Å²) in [6, 6.07) is 26.6. The predicted molar refractivity (Wildman–Crippen MR) is 112 cm³/mol. The molecule has 3 heteroatoms. The molecule has 0 heterocycles. The molecule has 0 bridgehead atoms. The molecule has 0 unspecified atom stereocenters. The normalized spacial score (nSPS) is 10.8. The Morgan fingerprint density at radius 1 is 0.815 bits per heavy atom. The van der Waals surface area contributed by atoms with Crippen LogP contribution in [0.4, 0.5) is 5.69 Å². The van der Waals surface area contributed by atoms with Gasteiger partial charge in [-0.2, -0.15) is 0 Å². The Morgan fingerprint density at radius 2 is 1.37 bits per heavy atom. The van der Waals surface area contributed by atoms with Gasteiger partial charge in [0.05, 0.1) is 6.54 Å². The van der Waals surface area contributed by atoms with Gasteiger partial charge in [0.1, 0.15) is 0 Å². The van der Waals surface area contributed by atoms with Crippen molar-refractivity contribution in [3.8, 4) is 0 Å². The number of carbonyl (C=O) groups is 1. The molecule has 0 spiro atoms. The lowest BCUT2D eigenvalue weighted by atomic mass is 10.1. The quantitative estimate of drug-likeness (QED) is 0.648. The van der Waals surface area contributed by atoms with E-state index in [4.69, 9.17) is 0 Å². The lowest BCUT2D eigenvalue weighted by molar-refractivity contribution is -0.117. The third kappa shape index (κ3) is 5.80. The number of hydrogen-bond donors (Lipinski definition) is 1. The minimum atomic E-state index is 0.00816. The van der Waals surface area contributed by atoms with E-state index in [1.54, 1.807) is 0 Å². The van der Waals surface area contributed by atoms with Crippen LogP contribution in [-0.4, -0.2) is 17.4 Å². The van der Waals surface area contributed by atoms with E-state index in [1.807, 2.05) is 55.5 Å². The van der Waals surface area contributed by atoms with E-state index in [0.717, 1.165) is 24.3 Å². The van der Waals surface area contributed by atoms with E-state index >= 15 is 0 Å². The average Bonchev–Trinajstić information content (AvgIpc) is 2.66. The zero-order valence-electron chi connectivity index (χ0n) is 16.0. The van der Waals surface area contributed by atoms with Crippen LogP contribution in [0.3, 0.4) is 0 Å². The molecule has 138 valence electrons. The first kappa shape index (κ1) is 18.9. The number of nitrogens with zero attached hydrogens (tertiary/aromatic N) is 1. The number of carbonyl (C=O) groups excluding carboxylic acids is 1. The van der Waals surface area contributed by atoms with Crippen LogP contribution in [0, 0.1) is 13.8 Å². The summed E-state index contributed by atoms with van der Waals surface area (Å²) in [6.07, 6.45) is 0. The monoisotopic (exact) mass is 358 g/mol. The van der Waals surface area contributed by atoms with Crippen LogP contribution in [0.25, 0.3) is 0 Å². The summed E-state index contributed by atoms with van der Waals surface area (Å²) in [5.74, 6) is 0.00816. The fraction of sp³-hybridized carbons (Fsp3) is 0.208. The van der Waals surface area contributed by atoms with Crippen molar-refractivity contribution in [3.05, 3.63) is 101 Å². The van der Waals surface area contributed by atoms with E-state index in [1.165, 1.54) is 16.7 Å². The Bertz CT molecular complexity index is 834. The van der Waals surface area contributed by atoms with Gasteiger partial charge < -0.3 is 5.32 Å². The second-order valence-corrected chi connectivity index (χ2v) is 6.98. The van der Waals surface area contributed by atoms with Gasteiger partial charge in [0.15, 0.2) is 0 Å². The van der Waals surface area contributed by atoms with E-state index in [2.05, 4.69) is 47.5 Å². The molecule has 1 amide bonds. The number of anilines is 1. The minimum absolute atomic E-state index is 0.00816. The van der Waals surface area contributed by atoms with Gasteiger partial charge in [-0.3, -0.25) is 9.69 Å². The van der Waals surface area contributed by atoms with Crippen LogP contribution in [0.2, 0.25) is 0 Å². The lowest BCUT2D eigenvalue weighted by Gasteiger charge is -2.22. The number of nitrogens with one attached hydrogen (secondary N) is 1. The highest BCUT2D eigenvalue weighted by Crippen LogP contribution is 2.16. The summed E-state index contributed by atoms with van der Waals surface area (Å²) >= 11 is 0. The van der Waals surface area contributed by atoms with Crippen molar-refractivity contribution < 1.29 is 4.79 Å². The first-order valence-corrected chi connectivity index (χ1v) is 9.27. The smallest absolute Gasteiger partial charge is 0.238 e. The van der Waals surface area contributed by atoms with Crippen LogP contribution in [0.5, 0.6) is 0 Å². The third-order valence-electron chi connectivity index (χ3n) is 4.52. The van der Waals surface area contributed by atoms with Crippen LogP contribution in [0.15, 0.2) is 78.9 Å². The van der Waals surface area contributed by atoms with Crippen LogP contribution >= 0.6 is 0 Å². The molecule has 0 radical (unpaired) electrons. The number of benzene rings is 3. The first-order chi connectivity index (χ1) is 13.1. The Hall–Kier alpha value is -2.91. The fourth-order valence-corrected chi connectivity index (χ4v) is 3.20. The van der Waals surface area contributed by atoms with Crippen molar-refractivity contribution in [2.75, 3.05) is 11.9 Å². The number of amides is 1. The van der Waals surface area contributed by atoms with Crippen molar-refractivity contribution in [1.82, 2.24) is 4.90 Å². The largest absolute Gasteiger partial charge is 0.325 e. The fourth-order valence-electron chi connectivity index (χ4n) is 3.20. The molecule has 1 N–H and O–H groups in total. The van der Waals surface area contributed by atoms with Gasteiger partial charge in [-0.05, 0) is 36.6 Å². The summed E-state index contributed by atoms with van der Waals surface area (Å²) in [5.41, 5.74) is 5.56. The van der Waals surface area contributed by atoms with Crippen LogP contribution in [-0.2, 0) is 17.9 Å². The maximum Gasteiger partial charge on any atom is 0.238 e. The van der Waals surface area contributed by atoms with Crippen molar-refractivity contribution >= 4 is 11.6 Å². The van der Waals surface area contributed by atoms with E-state index in [0.29, 0.717) is 6.54 Å². The topological polar surface area (TPSA) is 32.3 Å². The standard InChI is InChI=1S/C24H26N2O/c1-19-13-14-23(20(2)15-19)25-24(27)18-26(16-21-9-5-3-6-10-21)17-22-11-7-4-8-12-22/h3-15H,16-18H2,1-2H3,(H,25,27). The second-order valence-electron chi connectivity index (χ2n) is 6.98. The molecular formula is C24H26N2O. The molecule has 0 fully saturated rings. The molecule has 0 saturated heterocycles. The Balaban J connectivity index is 1.70. The van der Waals surface area contributed by atoms with E-state index < -0.39 is 0 Å². The Kier molecular flexibility index (Phi) is 6.39. The van der Waals surface area contributed by atoms with Gasteiger partial charge in [0.25, 0.3) is 0 Å². The minimum Gasteiger partial charge on any atom is -0.325 e. The Morgan fingerprint density at radius 3 is 1.89 bits per heavy atom. The highest BCUT2D eigenvalue weighted by atomic mass is 16.2. The predicted octanol–water partition coefficient (Wildman–Crippen LogP) is 4.94. The molecule has 0 aliphatic rings. The van der Waals surface area contributed by atoms with Gasteiger partial charge in [-0.15, -0.1) is 0 Å². The SMILES string of the molecule is Cc1ccc(NC(=O)CN(Cc2ccccc2)Cc2ccccc2)c(C)c1. The molecular weight excluding hydrogens is 332 g/mol. The molecule has 3 aromatic rings. The van der Waals surface area contributed by atoms with Gasteiger partial charge in [0, 0.05) is 18.8 Å². The number of aryl methyl sites for hydroxylation is 2. The van der Waals surface area contributed by atoms with Crippen LogP contribution in [0.1, 0.15) is 22.3 Å². The molecule has 3 nitrogen and oxygen atoms in total. The zero-order chi connectivity index (χ0) is 19.1. The van der Waals surface area contributed by atoms with Crippen molar-refractivity contribution in [3.63, 3.8) is 0 Å². The molecule has 3 rings (SSSR count).